The van der Waals surface area contributed by atoms with Gasteiger partial charge in [-0.3, -0.25) is 0 Å². The first-order valence-corrected chi connectivity index (χ1v) is 8.65. The molecule has 0 aromatic carbocycles. The molecule has 0 saturated heterocycles. The molecule has 0 atom stereocenters. The van der Waals surface area contributed by atoms with Gasteiger partial charge in [-0.1, -0.05) is 78.6 Å². The van der Waals surface area contributed by atoms with E-state index in [0.29, 0.717) is 5.41 Å². The molecule has 17 heavy (non-hydrogen) atoms. The van der Waals surface area contributed by atoms with E-state index >= 15 is 0 Å². The Bertz CT molecular complexity index is 157. The van der Waals surface area contributed by atoms with Gasteiger partial charge in [-0.25, -0.2) is 0 Å². The van der Waals surface area contributed by atoms with Crippen molar-refractivity contribution in [3.8, 4) is 0 Å². The van der Waals surface area contributed by atoms with Gasteiger partial charge < -0.3 is 4.80 Å². The first-order chi connectivity index (χ1) is 8.12. The summed E-state index contributed by atoms with van der Waals surface area (Å²) in [5, 5.41) is 0. The Morgan fingerprint density at radius 3 is 1.76 bits per heavy atom. The van der Waals surface area contributed by atoms with Crippen LogP contribution in [0.1, 0.15) is 85.0 Å². The Hall–Kier alpha value is 0.177. The van der Waals surface area contributed by atoms with Gasteiger partial charge in [-0.15, -0.1) is 0 Å². The maximum Gasteiger partial charge on any atom is 0.224 e. The lowest BCUT2D eigenvalue weighted by Gasteiger charge is -2.22. The quantitative estimate of drug-likeness (QED) is 0.386. The normalized spacial score (nSPS) is 12.0. The van der Waals surface area contributed by atoms with Crippen LogP contribution in [-0.2, 0) is 0 Å². The topological polar surface area (TPSA) is 20.2 Å². The molecule has 0 spiro atoms. The van der Waals surface area contributed by atoms with E-state index in [1.54, 1.807) is 0 Å². The second-order valence-electron chi connectivity index (χ2n) is 6.00. The van der Waals surface area contributed by atoms with Gasteiger partial charge in [0, 0.05) is 0 Å². The zero-order valence-electron chi connectivity index (χ0n) is 12.2. The van der Waals surface area contributed by atoms with Crippen molar-refractivity contribution in [1.82, 2.24) is 0 Å². The summed E-state index contributed by atoms with van der Waals surface area (Å²) in [4.78, 5) is 8.68. The summed E-state index contributed by atoms with van der Waals surface area (Å²) in [6.45, 7) is 7.07. The predicted octanol–water partition coefficient (Wildman–Crippen LogP) is 4.96. The summed E-state index contributed by atoms with van der Waals surface area (Å²) in [5.41, 5.74) is 0.561. The van der Waals surface area contributed by atoms with Gasteiger partial charge in [-0.2, -0.15) is 0 Å². The molecular weight excluding hydrogens is 224 g/mol. The number of rotatable bonds is 12. The van der Waals surface area contributed by atoms with E-state index in [1.165, 1.54) is 64.2 Å². The fraction of sp³-hybridized carbons (Fsp3) is 1.00. The lowest BCUT2D eigenvalue weighted by Crippen LogP contribution is -2.08. The highest BCUT2D eigenvalue weighted by molar-refractivity contribution is 6.25. The molecule has 0 saturated carbocycles. The Labute approximate surface area is 111 Å². The minimum Gasteiger partial charge on any atom is -0.432 e. The smallest absolute Gasteiger partial charge is 0.224 e. The highest BCUT2D eigenvalue weighted by Crippen LogP contribution is 2.27. The largest absolute Gasteiger partial charge is 0.432 e. The van der Waals surface area contributed by atoms with Crippen LogP contribution in [0.2, 0.25) is 6.04 Å². The molecule has 0 aliphatic heterocycles. The molecule has 0 bridgehead atoms. The van der Waals surface area contributed by atoms with E-state index < -0.39 is 0 Å². The van der Waals surface area contributed by atoms with Crippen molar-refractivity contribution in [3.63, 3.8) is 0 Å². The summed E-state index contributed by atoms with van der Waals surface area (Å²) in [5.74, 6) is 0. The van der Waals surface area contributed by atoms with Gasteiger partial charge in [0.1, 0.15) is 0 Å². The molecule has 0 rings (SSSR count). The molecule has 0 fully saturated rings. The standard InChI is InChI=1S/C15H32OSi/c1-4-15(2,3)13-11-9-7-5-6-8-10-12-14-17-16/h16H,4-14H2,1-3H3. The molecule has 0 aliphatic carbocycles. The molecule has 0 aromatic rings. The maximum absolute atomic E-state index is 8.68. The first-order valence-electron chi connectivity index (χ1n) is 7.49. The van der Waals surface area contributed by atoms with Crippen LogP contribution in [-0.4, -0.2) is 14.6 Å². The van der Waals surface area contributed by atoms with Gasteiger partial charge >= 0.3 is 0 Å². The Balaban J connectivity index is 3.09. The Morgan fingerprint density at radius 1 is 0.824 bits per heavy atom. The molecule has 2 radical (unpaired) electrons. The van der Waals surface area contributed by atoms with Gasteiger partial charge in [0.05, 0.1) is 0 Å². The molecule has 0 heterocycles. The lowest BCUT2D eigenvalue weighted by atomic mass is 9.84. The van der Waals surface area contributed by atoms with E-state index in [2.05, 4.69) is 20.8 Å². The SMILES string of the molecule is CCC(C)(C)CCCCCCCCCC[Si]O. The van der Waals surface area contributed by atoms with Crippen molar-refractivity contribution in [2.45, 2.75) is 91.0 Å². The summed E-state index contributed by atoms with van der Waals surface area (Å²) < 4.78 is 0. The minimum absolute atomic E-state index is 0.164. The molecule has 1 nitrogen and oxygen atoms in total. The third-order valence-corrected chi connectivity index (χ3v) is 4.43. The predicted molar refractivity (Wildman–Crippen MR) is 78.4 cm³/mol. The average Bonchev–Trinajstić information content (AvgIpc) is 2.31. The Morgan fingerprint density at radius 2 is 1.29 bits per heavy atom. The monoisotopic (exact) mass is 256 g/mol. The van der Waals surface area contributed by atoms with Crippen molar-refractivity contribution < 1.29 is 4.80 Å². The van der Waals surface area contributed by atoms with Crippen LogP contribution in [0.15, 0.2) is 0 Å². The molecule has 2 heteroatoms. The van der Waals surface area contributed by atoms with Crippen LogP contribution in [0.4, 0.5) is 0 Å². The molecule has 0 aliphatic rings. The molecule has 0 aromatic heterocycles. The van der Waals surface area contributed by atoms with Crippen molar-refractivity contribution in [3.05, 3.63) is 0 Å². The molecule has 102 valence electrons. The van der Waals surface area contributed by atoms with Crippen LogP contribution in [0.3, 0.4) is 0 Å². The first kappa shape index (κ1) is 17.2. The molecular formula is C15H32OSi. The highest BCUT2D eigenvalue weighted by atomic mass is 28.2. The summed E-state index contributed by atoms with van der Waals surface area (Å²) >= 11 is 0. The van der Waals surface area contributed by atoms with E-state index in [0.717, 1.165) is 6.04 Å². The van der Waals surface area contributed by atoms with Gasteiger partial charge in [-0.05, 0) is 17.9 Å². The summed E-state index contributed by atoms with van der Waals surface area (Å²) in [6.07, 6.45) is 13.6. The maximum atomic E-state index is 8.68. The van der Waals surface area contributed by atoms with Crippen LogP contribution >= 0.6 is 0 Å². The number of hydrogen-bond donors (Lipinski definition) is 1. The third kappa shape index (κ3) is 12.4. The van der Waals surface area contributed by atoms with E-state index in [4.69, 9.17) is 4.80 Å². The van der Waals surface area contributed by atoms with E-state index in [1.807, 2.05) is 0 Å². The number of unbranched alkanes of at least 4 members (excludes halogenated alkanes) is 7. The fourth-order valence-corrected chi connectivity index (χ4v) is 2.45. The zero-order valence-corrected chi connectivity index (χ0v) is 13.2. The second-order valence-corrected chi connectivity index (χ2v) is 6.82. The average molecular weight is 257 g/mol. The van der Waals surface area contributed by atoms with E-state index in [-0.39, 0.29) is 9.76 Å². The summed E-state index contributed by atoms with van der Waals surface area (Å²) in [6, 6.07) is 1.02. The van der Waals surface area contributed by atoms with Crippen LogP contribution in [0, 0.1) is 5.41 Å². The van der Waals surface area contributed by atoms with Gasteiger partial charge in [0.2, 0.25) is 9.76 Å². The van der Waals surface area contributed by atoms with E-state index in [9.17, 15) is 0 Å². The zero-order chi connectivity index (χ0) is 13.0. The molecule has 0 amide bonds. The van der Waals surface area contributed by atoms with Crippen LogP contribution < -0.4 is 0 Å². The fourth-order valence-electron chi connectivity index (χ4n) is 2.05. The van der Waals surface area contributed by atoms with Crippen molar-refractivity contribution >= 4 is 9.76 Å². The van der Waals surface area contributed by atoms with Crippen molar-refractivity contribution in [2.24, 2.45) is 5.41 Å². The summed E-state index contributed by atoms with van der Waals surface area (Å²) in [7, 11) is 0.164. The lowest BCUT2D eigenvalue weighted by molar-refractivity contribution is 0.307. The second kappa shape index (κ2) is 11.3. The van der Waals surface area contributed by atoms with Crippen LogP contribution in [0.5, 0.6) is 0 Å². The Kier molecular flexibility index (Phi) is 11.4. The van der Waals surface area contributed by atoms with Crippen molar-refractivity contribution in [2.75, 3.05) is 0 Å². The minimum atomic E-state index is 0.164. The molecule has 0 unspecified atom stereocenters. The van der Waals surface area contributed by atoms with Gasteiger partial charge in [0.15, 0.2) is 0 Å². The van der Waals surface area contributed by atoms with Crippen molar-refractivity contribution in [1.29, 1.82) is 0 Å². The van der Waals surface area contributed by atoms with Crippen LogP contribution in [0.25, 0.3) is 0 Å². The highest BCUT2D eigenvalue weighted by Gasteiger charge is 2.13. The number of hydrogen-bond acceptors (Lipinski definition) is 1. The third-order valence-electron chi connectivity index (χ3n) is 3.85. The van der Waals surface area contributed by atoms with Gasteiger partial charge in [0.25, 0.3) is 0 Å². The molecule has 1 N–H and O–H groups in total.